The van der Waals surface area contributed by atoms with Gasteiger partial charge < -0.3 is 9.52 Å². The molecule has 3 rings (SSSR count). The molecule has 1 N–H and O–H groups in total. The van der Waals surface area contributed by atoms with Crippen LogP contribution in [0, 0.1) is 6.92 Å². The molecule has 86 valence electrons. The Hall–Kier alpha value is -1.65. The number of fused-ring (bicyclic) bond motifs is 1. The summed E-state index contributed by atoms with van der Waals surface area (Å²) in [6.07, 6.45) is 0.935. The first kappa shape index (κ1) is 10.5. The van der Waals surface area contributed by atoms with Gasteiger partial charge in [0.1, 0.15) is 17.4 Å². The molecule has 3 aromatic rings. The minimum atomic E-state index is -0.728. The van der Waals surface area contributed by atoms with Crippen molar-refractivity contribution in [2.45, 2.75) is 13.0 Å². The van der Waals surface area contributed by atoms with Crippen molar-refractivity contribution < 1.29 is 9.52 Å². The number of furan rings is 1. The Labute approximate surface area is 102 Å². The summed E-state index contributed by atoms with van der Waals surface area (Å²) in [6, 6.07) is 7.84. The van der Waals surface area contributed by atoms with Crippen molar-refractivity contribution in [3.63, 3.8) is 0 Å². The Balaban J connectivity index is 2.10. The van der Waals surface area contributed by atoms with Gasteiger partial charge in [-0.1, -0.05) is 18.2 Å². The van der Waals surface area contributed by atoms with Gasteiger partial charge in [-0.2, -0.15) is 0 Å². The second-order valence-corrected chi connectivity index (χ2v) is 4.87. The van der Waals surface area contributed by atoms with E-state index in [1.807, 2.05) is 31.2 Å². The van der Waals surface area contributed by atoms with E-state index in [4.69, 9.17) is 4.42 Å². The molecule has 1 atom stereocenters. The summed E-state index contributed by atoms with van der Waals surface area (Å²) in [5.41, 5.74) is 3.61. The van der Waals surface area contributed by atoms with E-state index in [-0.39, 0.29) is 0 Å². The van der Waals surface area contributed by atoms with E-state index < -0.39 is 6.10 Å². The van der Waals surface area contributed by atoms with Gasteiger partial charge in [0.05, 0.1) is 10.4 Å². The average molecular weight is 245 g/mol. The molecule has 0 bridgehead atoms. The zero-order chi connectivity index (χ0) is 11.8. The van der Waals surface area contributed by atoms with Crippen LogP contribution in [0.15, 0.2) is 40.4 Å². The molecule has 2 heterocycles. The first-order chi connectivity index (χ1) is 8.25. The van der Waals surface area contributed by atoms with Gasteiger partial charge in [0, 0.05) is 11.6 Å². The smallest absolute Gasteiger partial charge is 0.147 e. The van der Waals surface area contributed by atoms with E-state index in [2.05, 4.69) is 4.98 Å². The van der Waals surface area contributed by atoms with Gasteiger partial charge in [-0.25, -0.2) is 0 Å². The molecule has 0 aliphatic carbocycles. The van der Waals surface area contributed by atoms with Crippen LogP contribution in [-0.4, -0.2) is 10.1 Å². The first-order valence-corrected chi connectivity index (χ1v) is 6.19. The lowest BCUT2D eigenvalue weighted by atomic mass is 10.1. The van der Waals surface area contributed by atoms with E-state index in [9.17, 15) is 5.11 Å². The van der Waals surface area contributed by atoms with E-state index in [0.29, 0.717) is 5.76 Å². The van der Waals surface area contributed by atoms with Crippen LogP contribution >= 0.6 is 11.3 Å². The van der Waals surface area contributed by atoms with Crippen LogP contribution in [0.5, 0.6) is 0 Å². The molecule has 0 radical (unpaired) electrons. The largest absolute Gasteiger partial charge is 0.458 e. The zero-order valence-corrected chi connectivity index (χ0v) is 10.1. The number of nitrogens with zero attached hydrogens (tertiary/aromatic N) is 1. The molecule has 0 aliphatic heterocycles. The SMILES string of the molecule is Cc1cccc2cc(C(O)c3cncs3)oc12. The molecule has 17 heavy (non-hydrogen) atoms. The molecular formula is C13H11NO2S. The molecule has 2 aromatic heterocycles. The van der Waals surface area contributed by atoms with Gasteiger partial charge in [0.15, 0.2) is 0 Å². The summed E-state index contributed by atoms with van der Waals surface area (Å²) in [5, 5.41) is 11.2. The summed E-state index contributed by atoms with van der Waals surface area (Å²) in [6.45, 7) is 1.99. The van der Waals surface area contributed by atoms with Gasteiger partial charge >= 0.3 is 0 Å². The minimum absolute atomic E-state index is 0.568. The molecule has 3 nitrogen and oxygen atoms in total. The van der Waals surface area contributed by atoms with E-state index in [1.54, 1.807) is 11.7 Å². The summed E-state index contributed by atoms with van der Waals surface area (Å²) >= 11 is 1.42. The van der Waals surface area contributed by atoms with Gasteiger partial charge in [0.2, 0.25) is 0 Å². The van der Waals surface area contributed by atoms with E-state index >= 15 is 0 Å². The number of hydrogen-bond donors (Lipinski definition) is 1. The highest BCUT2D eigenvalue weighted by Crippen LogP contribution is 2.30. The highest BCUT2D eigenvalue weighted by Gasteiger charge is 2.17. The molecule has 0 aliphatic rings. The lowest BCUT2D eigenvalue weighted by Gasteiger charge is -2.02. The highest BCUT2D eigenvalue weighted by atomic mass is 32.1. The van der Waals surface area contributed by atoms with Crippen LogP contribution in [0.25, 0.3) is 11.0 Å². The maximum atomic E-state index is 10.1. The molecular weight excluding hydrogens is 234 g/mol. The van der Waals surface area contributed by atoms with Crippen molar-refractivity contribution in [2.75, 3.05) is 0 Å². The highest BCUT2D eigenvalue weighted by molar-refractivity contribution is 7.09. The number of aliphatic hydroxyl groups excluding tert-OH is 1. The third kappa shape index (κ3) is 1.75. The van der Waals surface area contributed by atoms with Gasteiger partial charge in [-0.3, -0.25) is 4.98 Å². The van der Waals surface area contributed by atoms with E-state index in [0.717, 1.165) is 21.4 Å². The predicted octanol–water partition coefficient (Wildman–Crippen LogP) is 3.28. The minimum Gasteiger partial charge on any atom is -0.458 e. The molecule has 0 saturated heterocycles. The summed E-state index contributed by atoms with van der Waals surface area (Å²) in [4.78, 5) is 4.75. The Kier molecular flexibility index (Phi) is 2.46. The first-order valence-electron chi connectivity index (χ1n) is 5.31. The second kappa shape index (κ2) is 3.98. The predicted molar refractivity (Wildman–Crippen MR) is 67.1 cm³/mol. The molecule has 0 fully saturated rings. The van der Waals surface area contributed by atoms with Crippen molar-refractivity contribution in [3.05, 3.63) is 52.2 Å². The quantitative estimate of drug-likeness (QED) is 0.753. The standard InChI is InChI=1S/C13H11NO2S/c1-8-3-2-4-9-5-10(16-13(8)9)12(15)11-6-14-7-17-11/h2-7,12,15H,1H3. The van der Waals surface area contributed by atoms with Gasteiger partial charge in [-0.15, -0.1) is 11.3 Å². The monoisotopic (exact) mass is 245 g/mol. The van der Waals surface area contributed by atoms with Crippen molar-refractivity contribution in [1.82, 2.24) is 4.98 Å². The Morgan fingerprint density at radius 1 is 1.41 bits per heavy atom. The number of benzene rings is 1. The Morgan fingerprint density at radius 2 is 2.29 bits per heavy atom. The molecule has 4 heteroatoms. The summed E-state index contributed by atoms with van der Waals surface area (Å²) < 4.78 is 5.71. The number of aliphatic hydroxyl groups is 1. The van der Waals surface area contributed by atoms with Crippen molar-refractivity contribution in [2.24, 2.45) is 0 Å². The molecule has 0 amide bonds. The fourth-order valence-electron chi connectivity index (χ4n) is 1.86. The number of aromatic nitrogens is 1. The summed E-state index contributed by atoms with van der Waals surface area (Å²) in [7, 11) is 0. The average Bonchev–Trinajstić information content (AvgIpc) is 2.98. The number of rotatable bonds is 2. The van der Waals surface area contributed by atoms with Crippen LogP contribution in [-0.2, 0) is 0 Å². The Morgan fingerprint density at radius 3 is 3.00 bits per heavy atom. The molecule has 1 aromatic carbocycles. The lowest BCUT2D eigenvalue weighted by Crippen LogP contribution is -1.94. The van der Waals surface area contributed by atoms with Crippen molar-refractivity contribution >= 4 is 22.3 Å². The molecule has 0 saturated carbocycles. The van der Waals surface area contributed by atoms with Crippen molar-refractivity contribution in [3.8, 4) is 0 Å². The number of hydrogen-bond acceptors (Lipinski definition) is 4. The van der Waals surface area contributed by atoms with Crippen LogP contribution in [0.1, 0.15) is 22.3 Å². The second-order valence-electron chi connectivity index (χ2n) is 3.95. The third-order valence-corrected chi connectivity index (χ3v) is 3.58. The van der Waals surface area contributed by atoms with Crippen LogP contribution in [0.3, 0.4) is 0 Å². The topological polar surface area (TPSA) is 46.3 Å². The fourth-order valence-corrected chi connectivity index (χ4v) is 2.47. The van der Waals surface area contributed by atoms with E-state index in [1.165, 1.54) is 11.3 Å². The lowest BCUT2D eigenvalue weighted by molar-refractivity contribution is 0.195. The van der Waals surface area contributed by atoms with Crippen LogP contribution in [0.4, 0.5) is 0 Å². The van der Waals surface area contributed by atoms with Gasteiger partial charge in [-0.05, 0) is 18.6 Å². The molecule has 0 spiro atoms. The van der Waals surface area contributed by atoms with Crippen LogP contribution < -0.4 is 0 Å². The van der Waals surface area contributed by atoms with Gasteiger partial charge in [0.25, 0.3) is 0 Å². The number of aryl methyl sites for hydroxylation is 1. The normalized spacial score (nSPS) is 13.1. The zero-order valence-electron chi connectivity index (χ0n) is 9.25. The molecule has 1 unspecified atom stereocenters. The summed E-state index contributed by atoms with van der Waals surface area (Å²) in [5.74, 6) is 0.568. The fraction of sp³-hybridized carbons (Fsp3) is 0.154. The third-order valence-electron chi connectivity index (χ3n) is 2.75. The number of para-hydroxylation sites is 1. The Bertz CT molecular complexity index is 643. The number of thiazole rings is 1. The maximum absolute atomic E-state index is 10.1. The van der Waals surface area contributed by atoms with Crippen LogP contribution in [0.2, 0.25) is 0 Å². The van der Waals surface area contributed by atoms with Crippen molar-refractivity contribution in [1.29, 1.82) is 0 Å². The maximum Gasteiger partial charge on any atom is 0.147 e.